The molecule has 0 aliphatic rings. The summed E-state index contributed by atoms with van der Waals surface area (Å²) in [6.45, 7) is 3.88. The third-order valence-corrected chi connectivity index (χ3v) is 1.69. The third kappa shape index (κ3) is 3.85. The second-order valence-corrected chi connectivity index (χ2v) is 2.66. The molecule has 0 spiro atoms. The first-order valence-corrected chi connectivity index (χ1v) is 4.06. The lowest BCUT2D eigenvalue weighted by Gasteiger charge is -2.12. The van der Waals surface area contributed by atoms with Crippen molar-refractivity contribution in [1.82, 2.24) is 0 Å². The molecular formula is C8H17O2. The van der Waals surface area contributed by atoms with Crippen LogP contribution in [0.3, 0.4) is 0 Å². The van der Waals surface area contributed by atoms with Gasteiger partial charge in [-0.1, -0.05) is 26.7 Å². The molecule has 2 heteroatoms. The molecule has 0 fully saturated rings. The van der Waals surface area contributed by atoms with Crippen LogP contribution < -0.4 is 0 Å². The van der Waals surface area contributed by atoms with Gasteiger partial charge >= 0.3 is 0 Å². The fraction of sp³-hybridized carbons (Fsp3) is 1.00. The van der Waals surface area contributed by atoms with Gasteiger partial charge in [-0.25, -0.2) is 5.11 Å². The van der Waals surface area contributed by atoms with Gasteiger partial charge < -0.3 is 5.11 Å². The van der Waals surface area contributed by atoms with Gasteiger partial charge in [-0.3, -0.25) is 0 Å². The highest BCUT2D eigenvalue weighted by Crippen LogP contribution is 2.07. The zero-order chi connectivity index (χ0) is 7.98. The highest BCUT2D eigenvalue weighted by Gasteiger charge is 2.14. The first-order valence-electron chi connectivity index (χ1n) is 4.06. The summed E-state index contributed by atoms with van der Waals surface area (Å²) in [6.07, 6.45) is 1.78. The van der Waals surface area contributed by atoms with Gasteiger partial charge in [-0.2, -0.15) is 0 Å². The van der Waals surface area contributed by atoms with Crippen LogP contribution in [0.25, 0.3) is 0 Å². The maximum Gasteiger partial charge on any atom is 0.119 e. The summed E-state index contributed by atoms with van der Waals surface area (Å²) in [4.78, 5) is 0. The molecule has 61 valence electrons. The van der Waals surface area contributed by atoms with Crippen LogP contribution in [0.1, 0.15) is 39.5 Å². The predicted octanol–water partition coefficient (Wildman–Crippen LogP) is 1.75. The Balaban J connectivity index is 3.31. The first-order chi connectivity index (χ1) is 4.72. The van der Waals surface area contributed by atoms with Crippen LogP contribution >= 0.6 is 0 Å². The Labute approximate surface area is 62.9 Å². The predicted molar refractivity (Wildman–Crippen MR) is 40.3 cm³/mol. The lowest BCUT2D eigenvalue weighted by molar-refractivity contribution is -0.0320. The summed E-state index contributed by atoms with van der Waals surface area (Å²) in [5, 5.41) is 20.0. The van der Waals surface area contributed by atoms with E-state index in [0.29, 0.717) is 12.8 Å². The molecule has 1 N–H and O–H groups in total. The van der Waals surface area contributed by atoms with E-state index in [-0.39, 0.29) is 0 Å². The molecule has 2 unspecified atom stereocenters. The van der Waals surface area contributed by atoms with Gasteiger partial charge in [0.1, 0.15) is 6.10 Å². The van der Waals surface area contributed by atoms with Crippen molar-refractivity contribution in [3.05, 3.63) is 0 Å². The SMILES string of the molecule is CCCCC([O])C(O)CC. The molecular weight excluding hydrogens is 128 g/mol. The quantitative estimate of drug-likeness (QED) is 0.629. The molecule has 0 aliphatic carbocycles. The second-order valence-electron chi connectivity index (χ2n) is 2.66. The molecule has 0 aliphatic heterocycles. The Hall–Kier alpha value is -0.0800. The van der Waals surface area contributed by atoms with Crippen LogP contribution in [0.4, 0.5) is 0 Å². The van der Waals surface area contributed by atoms with Crippen LogP contribution in [0.15, 0.2) is 0 Å². The Morgan fingerprint density at radius 2 is 2.00 bits per heavy atom. The van der Waals surface area contributed by atoms with Crippen molar-refractivity contribution in [3.63, 3.8) is 0 Å². The average Bonchev–Trinajstić information content (AvgIpc) is 1.98. The van der Waals surface area contributed by atoms with Gasteiger partial charge in [-0.05, 0) is 12.8 Å². The Morgan fingerprint density at radius 1 is 1.40 bits per heavy atom. The van der Waals surface area contributed by atoms with E-state index in [0.717, 1.165) is 12.8 Å². The lowest BCUT2D eigenvalue weighted by Crippen LogP contribution is -2.23. The molecule has 0 heterocycles. The van der Waals surface area contributed by atoms with Crippen molar-refractivity contribution < 1.29 is 10.2 Å². The van der Waals surface area contributed by atoms with E-state index in [1.165, 1.54) is 0 Å². The maximum absolute atomic E-state index is 11.0. The molecule has 0 saturated carbocycles. The van der Waals surface area contributed by atoms with Crippen molar-refractivity contribution >= 4 is 0 Å². The molecule has 2 atom stereocenters. The van der Waals surface area contributed by atoms with Crippen LogP contribution in [-0.2, 0) is 5.11 Å². The molecule has 0 amide bonds. The van der Waals surface area contributed by atoms with E-state index in [4.69, 9.17) is 5.11 Å². The highest BCUT2D eigenvalue weighted by molar-refractivity contribution is 4.64. The fourth-order valence-electron chi connectivity index (χ4n) is 0.861. The normalized spacial score (nSPS) is 16.8. The molecule has 0 aromatic carbocycles. The molecule has 0 saturated heterocycles. The van der Waals surface area contributed by atoms with Gasteiger partial charge in [0.2, 0.25) is 0 Å². The van der Waals surface area contributed by atoms with Crippen molar-refractivity contribution in [2.45, 2.75) is 51.7 Å². The number of hydrogen-bond donors (Lipinski definition) is 1. The van der Waals surface area contributed by atoms with E-state index in [1.807, 2.05) is 13.8 Å². The van der Waals surface area contributed by atoms with Crippen molar-refractivity contribution in [2.75, 3.05) is 0 Å². The minimum absolute atomic E-state index is 0.581. The summed E-state index contributed by atoms with van der Waals surface area (Å²) in [7, 11) is 0. The van der Waals surface area contributed by atoms with Gasteiger partial charge in [0.15, 0.2) is 0 Å². The van der Waals surface area contributed by atoms with E-state index in [1.54, 1.807) is 0 Å². The molecule has 0 aromatic heterocycles. The van der Waals surface area contributed by atoms with Gasteiger partial charge in [0.05, 0.1) is 6.10 Å². The van der Waals surface area contributed by atoms with Gasteiger partial charge in [-0.15, -0.1) is 0 Å². The molecule has 0 aromatic rings. The Morgan fingerprint density at radius 3 is 2.40 bits per heavy atom. The standard InChI is InChI=1S/C8H17O2/c1-3-5-6-8(10)7(9)4-2/h7-9H,3-6H2,1-2H3. The van der Waals surface area contributed by atoms with Crippen LogP contribution in [-0.4, -0.2) is 17.3 Å². The number of aliphatic hydroxyl groups excluding tert-OH is 1. The number of hydrogen-bond acceptors (Lipinski definition) is 1. The minimum atomic E-state index is -0.759. The number of rotatable bonds is 5. The molecule has 1 radical (unpaired) electrons. The number of aliphatic hydroxyl groups is 1. The summed E-state index contributed by atoms with van der Waals surface area (Å²) >= 11 is 0. The lowest BCUT2D eigenvalue weighted by atomic mass is 10.1. The van der Waals surface area contributed by atoms with Crippen molar-refractivity contribution in [3.8, 4) is 0 Å². The number of unbranched alkanes of at least 4 members (excludes halogenated alkanes) is 1. The summed E-state index contributed by atoms with van der Waals surface area (Å²) < 4.78 is 0. The zero-order valence-electron chi connectivity index (χ0n) is 6.84. The largest absolute Gasteiger partial charge is 0.390 e. The van der Waals surface area contributed by atoms with Crippen LogP contribution in [0.2, 0.25) is 0 Å². The van der Waals surface area contributed by atoms with Gasteiger partial charge in [0, 0.05) is 0 Å². The highest BCUT2D eigenvalue weighted by atomic mass is 16.3. The Kier molecular flexibility index (Phi) is 5.64. The van der Waals surface area contributed by atoms with E-state index < -0.39 is 12.2 Å². The monoisotopic (exact) mass is 145 g/mol. The molecule has 0 rings (SSSR count). The van der Waals surface area contributed by atoms with Crippen molar-refractivity contribution in [1.29, 1.82) is 0 Å². The smallest absolute Gasteiger partial charge is 0.119 e. The van der Waals surface area contributed by atoms with E-state index in [2.05, 4.69) is 0 Å². The van der Waals surface area contributed by atoms with E-state index in [9.17, 15) is 5.11 Å². The summed E-state index contributed by atoms with van der Waals surface area (Å²) in [6, 6.07) is 0. The van der Waals surface area contributed by atoms with E-state index >= 15 is 0 Å². The molecule has 0 bridgehead atoms. The maximum atomic E-state index is 11.0. The molecule has 10 heavy (non-hydrogen) atoms. The van der Waals surface area contributed by atoms with Crippen LogP contribution in [0.5, 0.6) is 0 Å². The first kappa shape index (κ1) is 9.92. The van der Waals surface area contributed by atoms with Crippen LogP contribution in [0, 0.1) is 0 Å². The summed E-state index contributed by atoms with van der Waals surface area (Å²) in [5.41, 5.74) is 0. The zero-order valence-corrected chi connectivity index (χ0v) is 6.84. The van der Waals surface area contributed by atoms with Crippen molar-refractivity contribution in [2.24, 2.45) is 0 Å². The topological polar surface area (TPSA) is 40.1 Å². The average molecular weight is 145 g/mol. The Bertz CT molecular complexity index is 73.7. The summed E-state index contributed by atoms with van der Waals surface area (Å²) in [5.74, 6) is 0. The molecule has 2 nitrogen and oxygen atoms in total. The third-order valence-electron chi connectivity index (χ3n) is 1.69. The van der Waals surface area contributed by atoms with Gasteiger partial charge in [0.25, 0.3) is 0 Å². The fourth-order valence-corrected chi connectivity index (χ4v) is 0.861. The minimum Gasteiger partial charge on any atom is -0.390 e. The second kappa shape index (κ2) is 5.69.